The first-order valence-electron chi connectivity index (χ1n) is 11.4. The van der Waals surface area contributed by atoms with Crippen LogP contribution in [0.4, 0.5) is 32.2 Å². The molecule has 2 fully saturated rings. The lowest BCUT2D eigenvalue weighted by atomic mass is 9.84. The molecule has 1 unspecified atom stereocenters. The molecule has 0 aliphatic carbocycles. The minimum absolute atomic E-state index is 0.120. The van der Waals surface area contributed by atoms with Gasteiger partial charge in [0.2, 0.25) is 0 Å². The zero-order valence-electron chi connectivity index (χ0n) is 20.3. The summed E-state index contributed by atoms with van der Waals surface area (Å²) in [6, 6.07) is 7.90. The lowest BCUT2D eigenvalue weighted by Gasteiger charge is -2.53. The van der Waals surface area contributed by atoms with Gasteiger partial charge in [-0.05, 0) is 36.2 Å². The van der Waals surface area contributed by atoms with Crippen LogP contribution in [0.15, 0.2) is 43.0 Å². The van der Waals surface area contributed by atoms with Crippen molar-refractivity contribution in [1.29, 1.82) is 0 Å². The van der Waals surface area contributed by atoms with Crippen molar-refractivity contribution >= 4 is 23.4 Å². The molecular formula is C22H22F6N6O6. The second kappa shape index (κ2) is 12.4. The normalized spacial score (nSPS) is 18.1. The Morgan fingerprint density at radius 2 is 1.62 bits per heavy atom. The maximum Gasteiger partial charge on any atom is 0.490 e. The SMILES string of the molecule is O=C(O)C(F)(F)F.O=C(O)C(F)(F)F.c1cc(COC2CCOC3(C2)CN(c2ccc4nncn4n2)C3)ccn1. The molecule has 3 aromatic rings. The van der Waals surface area contributed by atoms with Crippen LogP contribution in [0.3, 0.4) is 0 Å². The average molecular weight is 580 g/mol. The first-order chi connectivity index (χ1) is 18.7. The third-order valence-electron chi connectivity index (χ3n) is 5.60. The second-order valence-corrected chi connectivity index (χ2v) is 8.60. The largest absolute Gasteiger partial charge is 0.490 e. The minimum atomic E-state index is -5.08. The molecule has 5 rings (SSSR count). The summed E-state index contributed by atoms with van der Waals surface area (Å²) >= 11 is 0. The number of carboxylic acids is 2. The number of fused-ring (bicyclic) bond motifs is 1. The van der Waals surface area contributed by atoms with Crippen molar-refractivity contribution in [2.24, 2.45) is 0 Å². The number of rotatable bonds is 4. The maximum absolute atomic E-state index is 10.6. The van der Waals surface area contributed by atoms with E-state index in [9.17, 15) is 26.3 Å². The van der Waals surface area contributed by atoms with Gasteiger partial charge in [-0.25, -0.2) is 9.59 Å². The van der Waals surface area contributed by atoms with E-state index in [0.717, 1.165) is 49.6 Å². The molecular weight excluding hydrogens is 558 g/mol. The molecule has 12 nitrogen and oxygen atoms in total. The average Bonchev–Trinajstić information content (AvgIpc) is 3.34. The zero-order chi connectivity index (χ0) is 29.6. The number of hydrogen-bond acceptors (Lipinski definition) is 9. The van der Waals surface area contributed by atoms with Gasteiger partial charge in [0.25, 0.3) is 0 Å². The Labute approximate surface area is 221 Å². The number of anilines is 1. The molecule has 0 saturated carbocycles. The van der Waals surface area contributed by atoms with Crippen molar-refractivity contribution < 1.29 is 55.6 Å². The molecule has 0 bridgehead atoms. The Hall–Kier alpha value is -4.06. The number of alkyl halides is 6. The summed E-state index contributed by atoms with van der Waals surface area (Å²) in [6.45, 7) is 3.04. The fourth-order valence-corrected chi connectivity index (χ4v) is 3.74. The van der Waals surface area contributed by atoms with Gasteiger partial charge in [0.05, 0.1) is 25.8 Å². The number of hydrogen-bond donors (Lipinski definition) is 2. The van der Waals surface area contributed by atoms with Crippen LogP contribution in [0.1, 0.15) is 18.4 Å². The van der Waals surface area contributed by atoms with E-state index in [4.69, 9.17) is 29.3 Å². The van der Waals surface area contributed by atoms with Gasteiger partial charge in [0.1, 0.15) is 17.7 Å². The van der Waals surface area contributed by atoms with Crippen molar-refractivity contribution in [3.8, 4) is 0 Å². The highest BCUT2D eigenvalue weighted by molar-refractivity contribution is 5.73. The van der Waals surface area contributed by atoms with Crippen LogP contribution < -0.4 is 4.90 Å². The van der Waals surface area contributed by atoms with E-state index < -0.39 is 24.3 Å². The second-order valence-electron chi connectivity index (χ2n) is 8.60. The molecule has 0 radical (unpaired) electrons. The number of carboxylic acid groups (broad SMARTS) is 2. The smallest absolute Gasteiger partial charge is 0.475 e. The van der Waals surface area contributed by atoms with Crippen LogP contribution in [0.5, 0.6) is 0 Å². The van der Waals surface area contributed by atoms with E-state index in [1.54, 1.807) is 23.2 Å². The fraction of sp³-hybridized carbons (Fsp3) is 0.455. The number of ether oxygens (including phenoxy) is 2. The number of pyridine rings is 1. The highest BCUT2D eigenvalue weighted by atomic mass is 19.4. The van der Waals surface area contributed by atoms with E-state index in [1.807, 2.05) is 24.3 Å². The number of aromatic nitrogens is 5. The predicted molar refractivity (Wildman–Crippen MR) is 121 cm³/mol. The van der Waals surface area contributed by atoms with Crippen molar-refractivity contribution in [3.63, 3.8) is 0 Å². The Morgan fingerprint density at radius 3 is 2.20 bits per heavy atom. The molecule has 2 saturated heterocycles. The molecule has 5 heterocycles. The Balaban J connectivity index is 0.000000263. The predicted octanol–water partition coefficient (Wildman–Crippen LogP) is 2.74. The first-order valence-corrected chi connectivity index (χ1v) is 11.4. The van der Waals surface area contributed by atoms with Gasteiger partial charge in [-0.15, -0.1) is 15.3 Å². The van der Waals surface area contributed by atoms with Crippen molar-refractivity contribution in [2.45, 2.75) is 43.5 Å². The van der Waals surface area contributed by atoms with E-state index in [2.05, 4.69) is 25.2 Å². The summed E-state index contributed by atoms with van der Waals surface area (Å²) in [5.41, 5.74) is 1.79. The quantitative estimate of drug-likeness (QED) is 0.438. The summed E-state index contributed by atoms with van der Waals surface area (Å²) < 4.78 is 77.4. The number of aliphatic carboxylic acids is 2. The van der Waals surface area contributed by atoms with E-state index >= 15 is 0 Å². The highest BCUT2D eigenvalue weighted by Crippen LogP contribution is 2.37. The van der Waals surface area contributed by atoms with Gasteiger partial charge >= 0.3 is 24.3 Å². The van der Waals surface area contributed by atoms with Gasteiger partial charge in [-0.1, -0.05) is 0 Å². The third-order valence-corrected chi connectivity index (χ3v) is 5.60. The van der Waals surface area contributed by atoms with Crippen molar-refractivity contribution in [2.75, 3.05) is 24.6 Å². The van der Waals surface area contributed by atoms with Gasteiger partial charge in [0, 0.05) is 25.4 Å². The van der Waals surface area contributed by atoms with Gasteiger partial charge in [0.15, 0.2) is 5.65 Å². The van der Waals surface area contributed by atoms with Crippen LogP contribution in [-0.4, -0.2) is 90.7 Å². The summed E-state index contributed by atoms with van der Waals surface area (Å²) in [7, 11) is 0. The molecule has 0 amide bonds. The molecule has 2 aliphatic rings. The summed E-state index contributed by atoms with van der Waals surface area (Å²) in [5.74, 6) is -4.59. The molecule has 1 spiro atoms. The Kier molecular flexibility index (Phi) is 9.46. The van der Waals surface area contributed by atoms with Gasteiger partial charge in [-0.2, -0.15) is 30.9 Å². The number of carbonyl (C=O) groups is 2. The topological polar surface area (TPSA) is 152 Å². The standard InChI is InChI=1S/C18H20N6O2.2C2HF3O2/c1-2-17(22-24-13-20-21-16(1)24)23-11-18(12-23)9-15(5-8-26-18)25-10-14-3-6-19-7-4-14;2*3-2(4,5)1(6)7/h1-4,6-7,13,15H,5,8-12H2;2*(H,6,7). The summed E-state index contributed by atoms with van der Waals surface area (Å²) in [4.78, 5) is 24.1. The Morgan fingerprint density at radius 1 is 1.02 bits per heavy atom. The van der Waals surface area contributed by atoms with Gasteiger partial charge in [-0.3, -0.25) is 4.98 Å². The zero-order valence-corrected chi connectivity index (χ0v) is 20.3. The van der Waals surface area contributed by atoms with Crippen LogP contribution >= 0.6 is 0 Å². The highest BCUT2D eigenvalue weighted by Gasteiger charge is 2.48. The molecule has 2 aliphatic heterocycles. The summed E-state index contributed by atoms with van der Waals surface area (Å²) in [5, 5.41) is 26.7. The molecule has 18 heteroatoms. The number of halogens is 6. The Bertz CT molecular complexity index is 1260. The molecule has 1 atom stereocenters. The van der Waals surface area contributed by atoms with Crippen LogP contribution in [0.2, 0.25) is 0 Å². The van der Waals surface area contributed by atoms with Gasteiger partial charge < -0.3 is 24.6 Å². The van der Waals surface area contributed by atoms with Crippen molar-refractivity contribution in [1.82, 2.24) is 24.8 Å². The molecule has 3 aromatic heterocycles. The fourth-order valence-electron chi connectivity index (χ4n) is 3.74. The van der Waals surface area contributed by atoms with E-state index in [0.29, 0.717) is 6.61 Å². The summed E-state index contributed by atoms with van der Waals surface area (Å²) in [6.07, 6.45) is -2.86. The molecule has 2 N–H and O–H groups in total. The monoisotopic (exact) mass is 580 g/mol. The van der Waals surface area contributed by atoms with E-state index in [-0.39, 0.29) is 11.7 Å². The molecule has 40 heavy (non-hydrogen) atoms. The molecule has 0 aromatic carbocycles. The van der Waals surface area contributed by atoms with Crippen LogP contribution in [0.25, 0.3) is 5.65 Å². The van der Waals surface area contributed by atoms with E-state index in [1.165, 1.54) is 0 Å². The lowest BCUT2D eigenvalue weighted by Crippen LogP contribution is -2.66. The lowest BCUT2D eigenvalue weighted by molar-refractivity contribution is -0.193. The number of nitrogens with zero attached hydrogens (tertiary/aromatic N) is 6. The first kappa shape index (κ1) is 30.5. The van der Waals surface area contributed by atoms with Crippen molar-refractivity contribution in [3.05, 3.63) is 48.5 Å². The van der Waals surface area contributed by atoms with Crippen LogP contribution in [-0.2, 0) is 25.7 Å². The molecule has 218 valence electrons. The van der Waals surface area contributed by atoms with Crippen LogP contribution in [0, 0.1) is 0 Å². The maximum atomic E-state index is 10.6. The minimum Gasteiger partial charge on any atom is -0.475 e. The third kappa shape index (κ3) is 8.47.